The van der Waals surface area contributed by atoms with Crippen LogP contribution in [0.15, 0.2) is 42.7 Å². The average molecular weight is 277 g/mol. The smallest absolute Gasteiger partial charge is 0.212 e. The number of hydrogen-bond donors (Lipinski definition) is 1. The maximum absolute atomic E-state index is 9.84. The Morgan fingerprint density at radius 1 is 1.29 bits per heavy atom. The topological polar surface area (TPSA) is 77.4 Å². The van der Waals surface area contributed by atoms with Gasteiger partial charge < -0.3 is 4.57 Å². The zero-order valence-corrected chi connectivity index (χ0v) is 11.5. The molecule has 1 fully saturated rings. The third kappa shape index (κ3) is 2.65. The summed E-state index contributed by atoms with van der Waals surface area (Å²) in [6, 6.07) is 14.5. The summed E-state index contributed by atoms with van der Waals surface area (Å²) >= 11 is 0. The van der Waals surface area contributed by atoms with E-state index in [-0.39, 0.29) is 0 Å². The summed E-state index contributed by atoms with van der Waals surface area (Å²) in [7, 11) is 0. The van der Waals surface area contributed by atoms with Crippen molar-refractivity contribution in [3.05, 3.63) is 54.1 Å². The molecule has 0 spiro atoms. The lowest BCUT2D eigenvalue weighted by Gasteiger charge is -2.29. The number of nitrogens with zero attached hydrogens (tertiary/aromatic N) is 4. The largest absolute Gasteiger partial charge is 0.319 e. The van der Waals surface area contributed by atoms with Gasteiger partial charge in [-0.2, -0.15) is 10.5 Å². The third-order valence-corrected chi connectivity index (χ3v) is 3.71. The molecular formula is C16H15N5. The average Bonchev–Trinajstić information content (AvgIpc) is 3.23. The second-order valence-corrected chi connectivity index (χ2v) is 5.29. The zero-order valence-electron chi connectivity index (χ0n) is 11.5. The van der Waals surface area contributed by atoms with Crippen LogP contribution in [0.2, 0.25) is 0 Å². The summed E-state index contributed by atoms with van der Waals surface area (Å²) in [5.74, 6) is 0.322. The molecule has 0 aliphatic heterocycles. The lowest BCUT2D eigenvalue weighted by atomic mass is 9.90. The van der Waals surface area contributed by atoms with Gasteiger partial charge in [-0.3, -0.25) is 5.32 Å². The summed E-state index contributed by atoms with van der Waals surface area (Å²) in [5, 5.41) is 22.4. The fourth-order valence-electron chi connectivity index (χ4n) is 2.46. The van der Waals surface area contributed by atoms with E-state index in [0.717, 1.165) is 18.4 Å². The molecule has 1 atom stereocenters. The van der Waals surface area contributed by atoms with E-state index in [0.29, 0.717) is 18.4 Å². The highest BCUT2D eigenvalue weighted by Gasteiger charge is 2.38. The molecule has 1 aromatic heterocycles. The van der Waals surface area contributed by atoms with E-state index in [1.807, 2.05) is 30.3 Å². The molecular weight excluding hydrogens is 262 g/mol. The Bertz CT molecular complexity index is 702. The summed E-state index contributed by atoms with van der Waals surface area (Å²) in [5.41, 5.74) is 0.0753. The Morgan fingerprint density at radius 3 is 2.67 bits per heavy atom. The van der Waals surface area contributed by atoms with E-state index >= 15 is 0 Å². The van der Waals surface area contributed by atoms with Gasteiger partial charge in [-0.25, -0.2) is 4.98 Å². The minimum Gasteiger partial charge on any atom is -0.319 e. The van der Waals surface area contributed by atoms with Crippen molar-refractivity contribution in [2.75, 3.05) is 0 Å². The SMILES string of the molecule is N#Cc1nccn1CC(C#N)(NC1CC1)c1ccccc1. The number of hydrogen-bond acceptors (Lipinski definition) is 4. The maximum atomic E-state index is 9.84. The van der Waals surface area contributed by atoms with Crippen molar-refractivity contribution in [2.24, 2.45) is 0 Å². The highest BCUT2D eigenvalue weighted by molar-refractivity contribution is 5.32. The first-order chi connectivity index (χ1) is 10.3. The number of nitriles is 2. The molecule has 1 saturated carbocycles. The van der Waals surface area contributed by atoms with Crippen molar-refractivity contribution in [1.82, 2.24) is 14.9 Å². The molecule has 0 saturated heterocycles. The van der Waals surface area contributed by atoms with Gasteiger partial charge in [0.2, 0.25) is 5.82 Å². The van der Waals surface area contributed by atoms with Crippen LogP contribution < -0.4 is 5.32 Å². The van der Waals surface area contributed by atoms with Crippen LogP contribution in [-0.2, 0) is 12.1 Å². The van der Waals surface area contributed by atoms with Crippen molar-refractivity contribution in [3.8, 4) is 12.1 Å². The molecule has 104 valence electrons. The van der Waals surface area contributed by atoms with Crippen LogP contribution in [0.3, 0.4) is 0 Å². The van der Waals surface area contributed by atoms with E-state index in [2.05, 4.69) is 22.4 Å². The Kier molecular flexibility index (Phi) is 3.43. The van der Waals surface area contributed by atoms with Gasteiger partial charge in [0.05, 0.1) is 12.6 Å². The molecule has 1 unspecified atom stereocenters. The summed E-state index contributed by atoms with van der Waals surface area (Å²) < 4.78 is 1.73. The standard InChI is InChI=1S/C16H15N5/c17-10-15-19-8-9-21(15)12-16(11-18,20-14-6-7-14)13-4-2-1-3-5-13/h1-5,8-9,14,20H,6-7,12H2. The molecule has 0 radical (unpaired) electrons. The maximum Gasteiger partial charge on any atom is 0.212 e. The van der Waals surface area contributed by atoms with Gasteiger partial charge in [-0.1, -0.05) is 30.3 Å². The Labute approximate surface area is 123 Å². The van der Waals surface area contributed by atoms with E-state index in [9.17, 15) is 5.26 Å². The predicted octanol–water partition coefficient (Wildman–Crippen LogP) is 1.93. The van der Waals surface area contributed by atoms with Gasteiger partial charge in [-0.05, 0) is 18.4 Å². The van der Waals surface area contributed by atoms with E-state index in [1.165, 1.54) is 0 Å². The summed E-state index contributed by atoms with van der Waals surface area (Å²) in [6.45, 7) is 0.368. The summed E-state index contributed by atoms with van der Waals surface area (Å²) in [6.07, 6.45) is 5.50. The minimum atomic E-state index is -0.839. The Morgan fingerprint density at radius 2 is 2.05 bits per heavy atom. The van der Waals surface area contributed by atoms with Gasteiger partial charge in [0.15, 0.2) is 5.54 Å². The van der Waals surface area contributed by atoms with E-state index < -0.39 is 5.54 Å². The molecule has 0 bridgehead atoms. The first-order valence-electron chi connectivity index (χ1n) is 6.93. The molecule has 2 aromatic rings. The number of aromatic nitrogens is 2. The lowest BCUT2D eigenvalue weighted by molar-refractivity contribution is 0.363. The first kappa shape index (κ1) is 13.4. The van der Waals surface area contributed by atoms with Gasteiger partial charge in [0.1, 0.15) is 6.07 Å². The van der Waals surface area contributed by atoms with Crippen molar-refractivity contribution in [1.29, 1.82) is 10.5 Å². The number of imidazole rings is 1. The fourth-order valence-corrected chi connectivity index (χ4v) is 2.46. The molecule has 1 aromatic carbocycles. The molecule has 1 N–H and O–H groups in total. The van der Waals surface area contributed by atoms with E-state index in [1.54, 1.807) is 17.0 Å². The normalized spacial score (nSPS) is 16.7. The Hall–Kier alpha value is -2.63. The molecule has 0 amide bonds. The van der Waals surface area contributed by atoms with Crippen molar-refractivity contribution < 1.29 is 0 Å². The summed E-state index contributed by atoms with van der Waals surface area (Å²) in [4.78, 5) is 4.01. The fraction of sp³-hybridized carbons (Fsp3) is 0.312. The van der Waals surface area contributed by atoms with Crippen LogP contribution in [0.1, 0.15) is 24.2 Å². The number of nitrogens with one attached hydrogen (secondary N) is 1. The predicted molar refractivity (Wildman–Crippen MR) is 76.8 cm³/mol. The monoisotopic (exact) mass is 277 g/mol. The van der Waals surface area contributed by atoms with Crippen LogP contribution in [0.25, 0.3) is 0 Å². The Balaban J connectivity index is 2.00. The van der Waals surface area contributed by atoms with Gasteiger partial charge in [0.25, 0.3) is 0 Å². The second-order valence-electron chi connectivity index (χ2n) is 5.29. The van der Waals surface area contributed by atoms with Crippen molar-refractivity contribution in [2.45, 2.75) is 31.0 Å². The van der Waals surface area contributed by atoms with Crippen LogP contribution in [-0.4, -0.2) is 15.6 Å². The van der Waals surface area contributed by atoms with Crippen LogP contribution in [0.5, 0.6) is 0 Å². The van der Waals surface area contributed by atoms with E-state index in [4.69, 9.17) is 5.26 Å². The van der Waals surface area contributed by atoms with Gasteiger partial charge in [-0.15, -0.1) is 0 Å². The van der Waals surface area contributed by atoms with Crippen LogP contribution >= 0.6 is 0 Å². The van der Waals surface area contributed by atoms with Gasteiger partial charge in [0, 0.05) is 18.4 Å². The van der Waals surface area contributed by atoms with Gasteiger partial charge >= 0.3 is 0 Å². The zero-order chi connectivity index (χ0) is 14.7. The van der Waals surface area contributed by atoms with Crippen LogP contribution in [0.4, 0.5) is 0 Å². The highest BCUT2D eigenvalue weighted by Crippen LogP contribution is 2.30. The molecule has 5 heteroatoms. The highest BCUT2D eigenvalue weighted by atomic mass is 15.1. The molecule has 1 heterocycles. The molecule has 1 aliphatic carbocycles. The number of rotatable bonds is 5. The number of benzene rings is 1. The van der Waals surface area contributed by atoms with Crippen LogP contribution in [0, 0.1) is 22.7 Å². The minimum absolute atomic E-state index is 0.322. The quantitative estimate of drug-likeness (QED) is 0.905. The first-order valence-corrected chi connectivity index (χ1v) is 6.93. The molecule has 1 aliphatic rings. The molecule has 21 heavy (non-hydrogen) atoms. The molecule has 5 nitrogen and oxygen atoms in total. The van der Waals surface area contributed by atoms with Crippen molar-refractivity contribution in [3.63, 3.8) is 0 Å². The lowest BCUT2D eigenvalue weighted by Crippen LogP contribution is -2.46. The van der Waals surface area contributed by atoms with Crippen molar-refractivity contribution >= 4 is 0 Å². The third-order valence-electron chi connectivity index (χ3n) is 3.71. The second kappa shape index (κ2) is 5.40. The molecule has 3 rings (SSSR count).